The van der Waals surface area contributed by atoms with Crippen molar-refractivity contribution >= 4 is 22.6 Å². The Kier molecular flexibility index (Phi) is 2.75. The molecule has 2 aromatic heterocycles. The summed E-state index contributed by atoms with van der Waals surface area (Å²) in [7, 11) is 0. The topological polar surface area (TPSA) is 43.9 Å². The van der Waals surface area contributed by atoms with Crippen molar-refractivity contribution < 1.29 is 4.42 Å². The lowest BCUT2D eigenvalue weighted by atomic mass is 10.1. The quantitative estimate of drug-likeness (QED) is 0.553. The van der Waals surface area contributed by atoms with E-state index in [0.717, 1.165) is 28.0 Å². The summed E-state index contributed by atoms with van der Waals surface area (Å²) < 4.78 is 5.40. The minimum absolute atomic E-state index is 0.690. The number of aromatic nitrogens is 3. The van der Waals surface area contributed by atoms with E-state index in [9.17, 15) is 0 Å². The third-order valence-corrected chi connectivity index (χ3v) is 3.50. The lowest BCUT2D eigenvalue weighted by molar-refractivity contribution is 0.582. The molecule has 0 saturated heterocycles. The highest BCUT2D eigenvalue weighted by Gasteiger charge is 2.07. The van der Waals surface area contributed by atoms with Crippen LogP contribution in [0, 0.1) is 0 Å². The molecule has 102 valence electrons. The second-order valence-corrected chi connectivity index (χ2v) is 5.08. The third-order valence-electron chi connectivity index (χ3n) is 3.24. The maximum Gasteiger partial charge on any atom is 0.133 e. The van der Waals surface area contributed by atoms with Crippen molar-refractivity contribution in [2.75, 3.05) is 0 Å². The molecule has 0 unspecified atom stereocenters. The molecule has 0 aliphatic rings. The van der Waals surface area contributed by atoms with E-state index >= 15 is 0 Å². The van der Waals surface area contributed by atoms with Crippen molar-refractivity contribution in [3.63, 3.8) is 0 Å². The molecular weight excluding hydrogens is 286 g/mol. The predicted octanol–water partition coefficient (Wildman–Crippen LogP) is 4.33. The van der Waals surface area contributed by atoms with Gasteiger partial charge in [0.2, 0.25) is 0 Å². The van der Waals surface area contributed by atoms with Crippen molar-refractivity contribution in [3.05, 3.63) is 65.9 Å². The van der Waals surface area contributed by atoms with E-state index in [1.807, 2.05) is 54.6 Å². The summed E-state index contributed by atoms with van der Waals surface area (Å²) in [5.74, 6) is 0.818. The monoisotopic (exact) mass is 295 g/mol. The molecule has 21 heavy (non-hydrogen) atoms. The number of hydrogen-bond acceptors (Lipinski definition) is 3. The first-order chi connectivity index (χ1) is 10.3. The Morgan fingerprint density at radius 3 is 2.48 bits per heavy atom. The van der Waals surface area contributed by atoms with Crippen molar-refractivity contribution in [3.8, 4) is 17.0 Å². The van der Waals surface area contributed by atoms with Gasteiger partial charge in [0.25, 0.3) is 0 Å². The highest BCUT2D eigenvalue weighted by Crippen LogP contribution is 2.23. The number of nitrogens with zero attached hydrogens (tertiary/aromatic N) is 3. The van der Waals surface area contributed by atoms with Crippen LogP contribution in [0.5, 0.6) is 0 Å². The van der Waals surface area contributed by atoms with Gasteiger partial charge < -0.3 is 4.42 Å². The number of rotatable bonds is 2. The van der Waals surface area contributed by atoms with E-state index in [0.29, 0.717) is 5.02 Å². The van der Waals surface area contributed by atoms with Gasteiger partial charge in [-0.25, -0.2) is 0 Å². The molecule has 0 radical (unpaired) electrons. The van der Waals surface area contributed by atoms with Gasteiger partial charge in [-0.3, -0.25) is 0 Å². The van der Waals surface area contributed by atoms with Gasteiger partial charge in [-0.2, -0.15) is 4.80 Å². The van der Waals surface area contributed by atoms with Crippen LogP contribution in [0.15, 0.2) is 65.3 Å². The van der Waals surface area contributed by atoms with Crippen LogP contribution in [0.3, 0.4) is 0 Å². The number of benzene rings is 2. The Hall–Kier alpha value is -2.59. The molecule has 0 spiro atoms. The van der Waals surface area contributed by atoms with Gasteiger partial charge in [0.1, 0.15) is 16.8 Å². The summed E-state index contributed by atoms with van der Waals surface area (Å²) in [6.07, 6.45) is 1.66. The van der Waals surface area contributed by atoms with Crippen LogP contribution in [0.1, 0.15) is 0 Å². The molecule has 0 saturated carbocycles. The third kappa shape index (κ3) is 2.19. The van der Waals surface area contributed by atoms with Crippen LogP contribution < -0.4 is 0 Å². The Labute approximate surface area is 125 Å². The second kappa shape index (κ2) is 4.75. The Bertz CT molecular complexity index is 895. The average Bonchev–Trinajstić information content (AvgIpc) is 3.16. The second-order valence-electron chi connectivity index (χ2n) is 4.65. The van der Waals surface area contributed by atoms with Gasteiger partial charge in [0, 0.05) is 10.6 Å². The molecule has 4 rings (SSSR count). The van der Waals surface area contributed by atoms with Crippen molar-refractivity contribution in [1.29, 1.82) is 0 Å². The summed E-state index contributed by atoms with van der Waals surface area (Å²) in [5, 5.41) is 9.66. The van der Waals surface area contributed by atoms with E-state index < -0.39 is 0 Å². The van der Waals surface area contributed by atoms with E-state index in [1.165, 1.54) is 0 Å². The van der Waals surface area contributed by atoms with Crippen molar-refractivity contribution in [2.45, 2.75) is 0 Å². The van der Waals surface area contributed by atoms with Crippen LogP contribution >= 0.6 is 11.6 Å². The molecule has 0 fully saturated rings. The van der Waals surface area contributed by atoms with E-state index in [-0.39, 0.29) is 0 Å². The predicted molar refractivity (Wildman–Crippen MR) is 81.6 cm³/mol. The highest BCUT2D eigenvalue weighted by molar-refractivity contribution is 6.30. The fourth-order valence-electron chi connectivity index (χ4n) is 2.20. The minimum Gasteiger partial charge on any atom is -0.464 e. The van der Waals surface area contributed by atoms with Gasteiger partial charge in [0.05, 0.1) is 12.0 Å². The number of furan rings is 1. The molecule has 2 aromatic carbocycles. The van der Waals surface area contributed by atoms with Crippen LogP contribution in [0.2, 0.25) is 5.02 Å². The summed E-state index contributed by atoms with van der Waals surface area (Å²) in [6.45, 7) is 0. The zero-order chi connectivity index (χ0) is 14.2. The van der Waals surface area contributed by atoms with Crippen LogP contribution in [0.25, 0.3) is 28.0 Å². The zero-order valence-corrected chi connectivity index (χ0v) is 11.7. The van der Waals surface area contributed by atoms with Crippen molar-refractivity contribution in [1.82, 2.24) is 15.0 Å². The number of halogens is 1. The van der Waals surface area contributed by atoms with Crippen LogP contribution in [-0.4, -0.2) is 15.0 Å². The highest BCUT2D eigenvalue weighted by atomic mass is 35.5. The fourth-order valence-corrected chi connectivity index (χ4v) is 2.33. The fraction of sp³-hybridized carbons (Fsp3) is 0. The first-order valence-corrected chi connectivity index (χ1v) is 6.84. The van der Waals surface area contributed by atoms with Gasteiger partial charge in [0.15, 0.2) is 0 Å². The van der Waals surface area contributed by atoms with Gasteiger partial charge in [-0.05, 0) is 54.6 Å². The molecule has 0 amide bonds. The summed E-state index contributed by atoms with van der Waals surface area (Å²) >= 11 is 5.90. The molecule has 0 atom stereocenters. The molecule has 4 nitrogen and oxygen atoms in total. The molecular formula is C16H10ClN3O. The molecule has 0 bridgehead atoms. The largest absolute Gasteiger partial charge is 0.464 e. The number of fused-ring (bicyclic) bond motifs is 1. The Morgan fingerprint density at radius 2 is 1.71 bits per heavy atom. The molecule has 2 heterocycles. The maximum atomic E-state index is 5.90. The molecule has 0 aliphatic carbocycles. The Morgan fingerprint density at radius 1 is 0.905 bits per heavy atom. The van der Waals surface area contributed by atoms with Crippen LogP contribution in [-0.2, 0) is 0 Å². The van der Waals surface area contributed by atoms with Crippen molar-refractivity contribution in [2.24, 2.45) is 0 Å². The summed E-state index contributed by atoms with van der Waals surface area (Å²) in [4.78, 5) is 1.60. The normalized spacial score (nSPS) is 11.1. The van der Waals surface area contributed by atoms with Gasteiger partial charge >= 0.3 is 0 Å². The van der Waals surface area contributed by atoms with Gasteiger partial charge in [-0.1, -0.05) is 11.6 Å². The maximum absolute atomic E-state index is 5.90. The van der Waals surface area contributed by atoms with Gasteiger partial charge in [-0.15, -0.1) is 10.2 Å². The first-order valence-electron chi connectivity index (χ1n) is 6.46. The molecule has 4 aromatic rings. The summed E-state index contributed by atoms with van der Waals surface area (Å²) in [5.41, 5.74) is 3.50. The summed E-state index contributed by atoms with van der Waals surface area (Å²) in [6, 6.07) is 17.1. The SMILES string of the molecule is Clc1ccc(-n2nc3ccc(-c4ccco4)cc3n2)cc1. The lowest BCUT2D eigenvalue weighted by Gasteiger charge is -1.97. The molecule has 0 aliphatic heterocycles. The first kappa shape index (κ1) is 12.2. The molecule has 5 heteroatoms. The standard InChI is InChI=1S/C16H10ClN3O/c17-12-4-6-13(7-5-12)20-18-14-8-3-11(10-15(14)19-20)16-2-1-9-21-16/h1-10H. The lowest BCUT2D eigenvalue weighted by Crippen LogP contribution is -1.97. The number of hydrogen-bond donors (Lipinski definition) is 0. The Balaban J connectivity index is 1.81. The average molecular weight is 296 g/mol. The smallest absolute Gasteiger partial charge is 0.133 e. The minimum atomic E-state index is 0.690. The molecule has 0 N–H and O–H groups in total. The van der Waals surface area contributed by atoms with E-state index in [4.69, 9.17) is 16.0 Å². The van der Waals surface area contributed by atoms with E-state index in [2.05, 4.69) is 10.2 Å². The van der Waals surface area contributed by atoms with Crippen LogP contribution in [0.4, 0.5) is 0 Å². The zero-order valence-electron chi connectivity index (χ0n) is 10.9. The van der Waals surface area contributed by atoms with E-state index in [1.54, 1.807) is 11.1 Å².